The molecule has 0 aromatic heterocycles. The van der Waals surface area contributed by atoms with Gasteiger partial charge < -0.3 is 26.6 Å². The van der Waals surface area contributed by atoms with E-state index < -0.39 is 73.9 Å². The van der Waals surface area contributed by atoms with Gasteiger partial charge in [-0.1, -0.05) is 71.7 Å². The summed E-state index contributed by atoms with van der Waals surface area (Å²) in [7, 11) is -2.19. The highest BCUT2D eigenvalue weighted by atomic mass is 32.2. The van der Waals surface area contributed by atoms with Crippen molar-refractivity contribution >= 4 is 39.6 Å². The van der Waals surface area contributed by atoms with Gasteiger partial charge in [0.1, 0.15) is 12.1 Å². The van der Waals surface area contributed by atoms with Crippen molar-refractivity contribution in [2.75, 3.05) is 20.1 Å². The van der Waals surface area contributed by atoms with Gasteiger partial charge in [0, 0.05) is 26.2 Å². The van der Waals surface area contributed by atoms with E-state index in [-0.39, 0.29) is 35.6 Å². The van der Waals surface area contributed by atoms with Crippen molar-refractivity contribution in [3.8, 4) is 0 Å². The van der Waals surface area contributed by atoms with Crippen molar-refractivity contribution in [2.45, 2.75) is 116 Å². The average molecular weight is 743 g/mol. The number of piperidine rings is 1. The number of carbonyl (C=O) groups excluding carboxylic acids is 5. The predicted molar refractivity (Wildman–Crippen MR) is 197 cm³/mol. The molecule has 52 heavy (non-hydrogen) atoms. The summed E-state index contributed by atoms with van der Waals surface area (Å²) in [6.07, 6.45) is 3.21. The topological polar surface area (TPSA) is 188 Å². The molecular weight excluding hydrogens is 685 g/mol. The van der Waals surface area contributed by atoms with E-state index in [4.69, 9.17) is 5.73 Å². The molecule has 5 N–H and O–H groups in total. The molecule has 1 unspecified atom stereocenters. The highest BCUT2D eigenvalue weighted by Gasteiger charge is 2.70. The Kier molecular flexibility index (Phi) is 10.7. The molecule has 1 saturated heterocycles. The monoisotopic (exact) mass is 742 g/mol. The van der Waals surface area contributed by atoms with Crippen LogP contribution in [0, 0.1) is 34.5 Å². The number of Topliss-reactive ketones (excluding diaryl/α,β-unsaturated/α-hetero) is 1. The normalized spacial score (nSPS) is 24.3. The molecule has 6 atom stereocenters. The summed E-state index contributed by atoms with van der Waals surface area (Å²) >= 11 is 0. The number of ketones is 1. The highest BCUT2D eigenvalue weighted by Crippen LogP contribution is 2.65. The van der Waals surface area contributed by atoms with Crippen molar-refractivity contribution in [2.24, 2.45) is 40.2 Å². The molecule has 1 aromatic carbocycles. The van der Waals surface area contributed by atoms with Gasteiger partial charge in [-0.3, -0.25) is 19.2 Å². The molecule has 13 nitrogen and oxygen atoms in total. The Balaban J connectivity index is 1.40. The molecule has 5 amide bonds. The van der Waals surface area contributed by atoms with Gasteiger partial charge in [0.05, 0.1) is 10.8 Å². The van der Waals surface area contributed by atoms with E-state index in [1.54, 1.807) is 25.7 Å². The van der Waals surface area contributed by atoms with E-state index >= 15 is 0 Å². The number of primary amides is 1. The number of rotatable bonds is 13. The van der Waals surface area contributed by atoms with E-state index in [9.17, 15) is 32.4 Å². The first-order chi connectivity index (χ1) is 23.9. The number of carbonyl (C=O) groups is 5. The fraction of sp³-hybridized carbons (Fsp3) is 0.711. The fourth-order valence-electron chi connectivity index (χ4n) is 8.25. The van der Waals surface area contributed by atoms with Gasteiger partial charge in [-0.05, 0) is 85.7 Å². The molecule has 288 valence electrons. The standard InChI is InChI=1S/C38H58N6O7S/c1-36(2,3)27(20-43(9)52(50,51)37(4,5)6)41-35(49)42-29(24-17-22-12-10-11-13-23(22)18-24)34(48)44-19-25-28(38(25,7)8)30(44)33(47)40-26(16-21-14-15-21)31(45)32(39)46/h10-13,21,24-30H,14-20H2,1-9H3,(H2,39,46)(H,40,47)(H2,41,42,49)/t25-,26?,27+,28-,29-,30-/m0/s1. The van der Waals surface area contributed by atoms with Gasteiger partial charge in [0.15, 0.2) is 0 Å². The molecule has 3 fully saturated rings. The number of likely N-dealkylation sites (N-methyl/N-ethyl adjacent to an activating group) is 1. The van der Waals surface area contributed by atoms with Gasteiger partial charge in [0.25, 0.3) is 5.91 Å². The molecule has 0 bridgehead atoms. The second kappa shape index (κ2) is 14.0. The number of fused-ring (bicyclic) bond motifs is 2. The number of hydrogen-bond acceptors (Lipinski definition) is 7. The van der Waals surface area contributed by atoms with Crippen LogP contribution in [0.25, 0.3) is 0 Å². The third-order valence-electron chi connectivity index (χ3n) is 12.0. The molecule has 0 radical (unpaired) electrons. The van der Waals surface area contributed by atoms with E-state index in [0.29, 0.717) is 25.8 Å². The zero-order valence-corrected chi connectivity index (χ0v) is 32.9. The Bertz CT molecular complexity index is 1680. The quantitative estimate of drug-likeness (QED) is 0.223. The first-order valence-corrected chi connectivity index (χ1v) is 19.9. The van der Waals surface area contributed by atoms with E-state index in [1.807, 2.05) is 45.0 Å². The number of amides is 5. The maximum Gasteiger partial charge on any atom is 0.315 e. The molecule has 2 saturated carbocycles. The summed E-state index contributed by atoms with van der Waals surface area (Å²) in [6, 6.07) is 3.71. The highest BCUT2D eigenvalue weighted by molar-refractivity contribution is 7.90. The van der Waals surface area contributed by atoms with Crippen molar-refractivity contribution in [3.63, 3.8) is 0 Å². The number of hydrogen-bond donors (Lipinski definition) is 4. The number of likely N-dealkylation sites (tertiary alicyclic amines) is 1. The summed E-state index contributed by atoms with van der Waals surface area (Å²) in [5, 5.41) is 8.76. The summed E-state index contributed by atoms with van der Waals surface area (Å²) < 4.78 is 26.7. The number of nitrogens with zero attached hydrogens (tertiary/aromatic N) is 2. The molecule has 0 spiro atoms. The van der Waals surface area contributed by atoms with Gasteiger partial charge in [0.2, 0.25) is 27.6 Å². The van der Waals surface area contributed by atoms with E-state index in [0.717, 1.165) is 24.0 Å². The smallest absolute Gasteiger partial charge is 0.315 e. The first kappa shape index (κ1) is 39.7. The number of nitrogens with one attached hydrogen (secondary N) is 3. The SMILES string of the molecule is CN(C[C@@H](NC(=O)N[C@H](C(=O)N1C[C@H]2[C@@H]([C@H]1C(=O)NC(CC1CC1)C(=O)C(N)=O)C2(C)C)C1Cc2ccccc2C1)C(C)(C)C)S(=O)(=O)C(C)(C)C. The van der Waals surface area contributed by atoms with Crippen LogP contribution in [0.15, 0.2) is 24.3 Å². The predicted octanol–water partition coefficient (Wildman–Crippen LogP) is 2.37. The summed E-state index contributed by atoms with van der Waals surface area (Å²) in [4.78, 5) is 69.1. The number of nitrogens with two attached hydrogens (primary N) is 1. The second-order valence-electron chi connectivity index (χ2n) is 18.2. The van der Waals surface area contributed by atoms with Crippen LogP contribution in [0.2, 0.25) is 0 Å². The number of benzene rings is 1. The summed E-state index contributed by atoms with van der Waals surface area (Å²) in [6.45, 7) is 15.0. The number of sulfonamides is 1. The van der Waals surface area contributed by atoms with E-state index in [1.165, 1.54) is 11.4 Å². The molecule has 5 rings (SSSR count). The minimum absolute atomic E-state index is 0.0167. The van der Waals surface area contributed by atoms with Gasteiger partial charge >= 0.3 is 6.03 Å². The van der Waals surface area contributed by atoms with Gasteiger partial charge in [-0.2, -0.15) is 0 Å². The lowest BCUT2D eigenvalue weighted by molar-refractivity contribution is -0.144. The Morgan fingerprint density at radius 3 is 2.04 bits per heavy atom. The average Bonchev–Trinajstić information content (AvgIpc) is 3.79. The maximum absolute atomic E-state index is 14.8. The lowest BCUT2D eigenvalue weighted by Crippen LogP contribution is -2.62. The van der Waals surface area contributed by atoms with Crippen LogP contribution in [-0.4, -0.2) is 96.2 Å². The van der Waals surface area contributed by atoms with Crippen molar-refractivity contribution < 1.29 is 32.4 Å². The lowest BCUT2D eigenvalue weighted by atomic mass is 9.86. The minimum Gasteiger partial charge on any atom is -0.363 e. The zero-order chi connectivity index (χ0) is 38.7. The third kappa shape index (κ3) is 8.02. The van der Waals surface area contributed by atoms with Crippen LogP contribution in [0.3, 0.4) is 0 Å². The van der Waals surface area contributed by atoms with Crippen molar-refractivity contribution in [1.82, 2.24) is 25.2 Å². The molecule has 14 heteroatoms. The first-order valence-electron chi connectivity index (χ1n) is 18.5. The summed E-state index contributed by atoms with van der Waals surface area (Å²) in [5.74, 6) is -3.05. The number of urea groups is 1. The molecule has 1 heterocycles. The van der Waals surface area contributed by atoms with Crippen molar-refractivity contribution in [1.29, 1.82) is 0 Å². The Morgan fingerprint density at radius 2 is 1.54 bits per heavy atom. The molecule has 1 aromatic rings. The molecular formula is C38H58N6O7S. The molecule has 4 aliphatic rings. The van der Waals surface area contributed by atoms with Crippen molar-refractivity contribution in [3.05, 3.63) is 35.4 Å². The summed E-state index contributed by atoms with van der Waals surface area (Å²) in [5.41, 5.74) is 6.75. The van der Waals surface area contributed by atoms with Crippen LogP contribution in [0.5, 0.6) is 0 Å². The van der Waals surface area contributed by atoms with Crippen LogP contribution >= 0.6 is 0 Å². The van der Waals surface area contributed by atoms with E-state index in [2.05, 4.69) is 29.8 Å². The Morgan fingerprint density at radius 1 is 0.962 bits per heavy atom. The fourth-order valence-corrected chi connectivity index (χ4v) is 9.53. The van der Waals surface area contributed by atoms with Crippen LogP contribution in [0.1, 0.15) is 85.8 Å². The van der Waals surface area contributed by atoms with Gasteiger partial charge in [-0.25, -0.2) is 17.5 Å². The van der Waals surface area contributed by atoms with Crippen LogP contribution < -0.4 is 21.7 Å². The Labute approximate surface area is 308 Å². The zero-order valence-electron chi connectivity index (χ0n) is 32.1. The Hall–Kier alpha value is -3.52. The van der Waals surface area contributed by atoms with Crippen LogP contribution in [0.4, 0.5) is 4.79 Å². The molecule has 3 aliphatic carbocycles. The minimum atomic E-state index is -3.69. The molecule has 1 aliphatic heterocycles. The second-order valence-corrected chi connectivity index (χ2v) is 21.0. The third-order valence-corrected chi connectivity index (χ3v) is 14.5. The maximum atomic E-state index is 14.8. The van der Waals surface area contributed by atoms with Gasteiger partial charge in [-0.15, -0.1) is 0 Å². The largest absolute Gasteiger partial charge is 0.363 e. The van der Waals surface area contributed by atoms with Crippen LogP contribution in [-0.2, 0) is 42.0 Å². The lowest BCUT2D eigenvalue weighted by Gasteiger charge is -2.38.